The van der Waals surface area contributed by atoms with Crippen LogP contribution in [0.25, 0.3) is 11.0 Å². The first kappa shape index (κ1) is 19.4. The molecule has 1 atom stereocenters. The number of aromatic amines is 2. The molecular formula is C20H25N5O4. The van der Waals surface area contributed by atoms with E-state index in [2.05, 4.69) is 20.1 Å². The van der Waals surface area contributed by atoms with Gasteiger partial charge in [0.1, 0.15) is 0 Å². The Hall–Kier alpha value is -2.94. The smallest absolute Gasteiger partial charge is 0.323 e. The van der Waals surface area contributed by atoms with E-state index in [1.165, 1.54) is 0 Å². The highest BCUT2D eigenvalue weighted by Gasteiger charge is 2.44. The second-order valence-electron chi connectivity index (χ2n) is 8.02. The highest BCUT2D eigenvalue weighted by molar-refractivity contribution is 5.77. The third-order valence-electron chi connectivity index (χ3n) is 5.39. The zero-order valence-corrected chi connectivity index (χ0v) is 16.6. The maximum atomic E-state index is 12.6. The van der Waals surface area contributed by atoms with Gasteiger partial charge in [-0.1, -0.05) is 25.1 Å². The van der Waals surface area contributed by atoms with Crippen molar-refractivity contribution < 1.29 is 14.4 Å². The molecule has 1 fully saturated rings. The van der Waals surface area contributed by atoms with Gasteiger partial charge >= 0.3 is 5.69 Å². The van der Waals surface area contributed by atoms with Gasteiger partial charge in [-0.15, -0.1) is 0 Å². The zero-order valence-electron chi connectivity index (χ0n) is 16.6. The summed E-state index contributed by atoms with van der Waals surface area (Å²) in [5, 5.41) is 14.8. The second-order valence-corrected chi connectivity index (χ2v) is 8.02. The van der Waals surface area contributed by atoms with Crippen LogP contribution in [0.2, 0.25) is 0 Å². The van der Waals surface area contributed by atoms with Crippen molar-refractivity contribution in [1.29, 1.82) is 0 Å². The van der Waals surface area contributed by atoms with Crippen molar-refractivity contribution in [1.82, 2.24) is 25.0 Å². The lowest BCUT2D eigenvalue weighted by molar-refractivity contribution is -0.131. The van der Waals surface area contributed by atoms with Crippen LogP contribution < -0.4 is 5.69 Å². The fraction of sp³-hybridized carbons (Fsp3) is 0.500. The van der Waals surface area contributed by atoms with Gasteiger partial charge in [-0.05, 0) is 30.5 Å². The Balaban J connectivity index is 1.32. The molecule has 1 amide bonds. The Morgan fingerprint density at radius 3 is 2.90 bits per heavy atom. The maximum Gasteiger partial charge on any atom is 0.323 e. The molecule has 0 aliphatic carbocycles. The predicted octanol–water partition coefficient (Wildman–Crippen LogP) is 1.81. The van der Waals surface area contributed by atoms with Gasteiger partial charge in [0, 0.05) is 25.3 Å². The van der Waals surface area contributed by atoms with E-state index in [-0.39, 0.29) is 30.0 Å². The van der Waals surface area contributed by atoms with Gasteiger partial charge in [0.05, 0.1) is 17.6 Å². The lowest BCUT2D eigenvalue weighted by Crippen LogP contribution is -2.34. The highest BCUT2D eigenvalue weighted by atomic mass is 16.5. The second kappa shape index (κ2) is 7.47. The van der Waals surface area contributed by atoms with Crippen LogP contribution in [0.1, 0.15) is 56.3 Å². The van der Waals surface area contributed by atoms with Crippen LogP contribution in [0.4, 0.5) is 0 Å². The molecule has 0 saturated carbocycles. The Bertz CT molecular complexity index is 1080. The first-order chi connectivity index (χ1) is 13.8. The molecule has 0 bridgehead atoms. The van der Waals surface area contributed by atoms with Crippen LogP contribution in [0.3, 0.4) is 0 Å². The Kier molecular flexibility index (Phi) is 4.99. The van der Waals surface area contributed by atoms with E-state index < -0.39 is 5.60 Å². The van der Waals surface area contributed by atoms with E-state index in [9.17, 15) is 14.7 Å². The third kappa shape index (κ3) is 3.95. The number of rotatable bonds is 6. The van der Waals surface area contributed by atoms with Crippen LogP contribution in [0.15, 0.2) is 27.5 Å². The minimum atomic E-state index is -1.28. The fourth-order valence-electron chi connectivity index (χ4n) is 3.68. The van der Waals surface area contributed by atoms with Crippen molar-refractivity contribution in [3.8, 4) is 0 Å². The average Bonchev–Trinajstić information content (AvgIpc) is 3.39. The number of nitrogens with one attached hydrogen (secondary N) is 2. The van der Waals surface area contributed by atoms with Gasteiger partial charge in [0.25, 0.3) is 5.89 Å². The summed E-state index contributed by atoms with van der Waals surface area (Å²) in [7, 11) is 0. The SMILES string of the molecule is CC(C)c1noc([C@]2(O)CCN(C(=O)CCCc3ccc4[nH]c(=O)[nH]c4c3)C2)n1. The number of β-amino-alcohol motifs (C(OH)–C–C–N with tert-alkyl or cyclic N) is 1. The molecule has 2 aromatic heterocycles. The molecule has 1 aromatic carbocycles. The molecule has 9 heteroatoms. The number of aromatic nitrogens is 4. The number of H-pyrrole nitrogens is 2. The topological polar surface area (TPSA) is 128 Å². The number of nitrogens with zero attached hydrogens (tertiary/aromatic N) is 3. The van der Waals surface area contributed by atoms with Gasteiger partial charge in [-0.25, -0.2) is 4.79 Å². The van der Waals surface area contributed by atoms with Gasteiger partial charge in [0.2, 0.25) is 5.91 Å². The molecule has 1 aliphatic heterocycles. The first-order valence-corrected chi connectivity index (χ1v) is 9.89. The molecule has 9 nitrogen and oxygen atoms in total. The number of carbonyl (C=O) groups excluding carboxylic acids is 1. The molecule has 0 unspecified atom stereocenters. The molecule has 29 heavy (non-hydrogen) atoms. The fourth-order valence-corrected chi connectivity index (χ4v) is 3.68. The Labute approximate surface area is 167 Å². The summed E-state index contributed by atoms with van der Waals surface area (Å²) in [5.41, 5.74) is 1.10. The highest BCUT2D eigenvalue weighted by Crippen LogP contribution is 2.32. The van der Waals surface area contributed by atoms with E-state index in [1.807, 2.05) is 32.0 Å². The number of amides is 1. The number of aliphatic hydroxyl groups is 1. The number of imidazole rings is 1. The van der Waals surface area contributed by atoms with Crippen molar-refractivity contribution in [2.24, 2.45) is 0 Å². The summed E-state index contributed by atoms with van der Waals surface area (Å²) in [4.78, 5) is 35.3. The van der Waals surface area contributed by atoms with E-state index >= 15 is 0 Å². The van der Waals surface area contributed by atoms with E-state index in [4.69, 9.17) is 4.52 Å². The van der Waals surface area contributed by atoms with Gasteiger partial charge in [-0.2, -0.15) is 4.98 Å². The van der Waals surface area contributed by atoms with Gasteiger partial charge in [-0.3, -0.25) is 4.79 Å². The Morgan fingerprint density at radius 1 is 1.34 bits per heavy atom. The number of benzene rings is 1. The van der Waals surface area contributed by atoms with Crippen LogP contribution in [-0.4, -0.2) is 49.1 Å². The zero-order chi connectivity index (χ0) is 20.6. The summed E-state index contributed by atoms with van der Waals surface area (Å²) in [6.07, 6.45) is 2.19. The van der Waals surface area contributed by atoms with Crippen LogP contribution in [-0.2, 0) is 16.8 Å². The summed E-state index contributed by atoms with van der Waals surface area (Å²) in [5.74, 6) is 0.850. The summed E-state index contributed by atoms with van der Waals surface area (Å²) >= 11 is 0. The van der Waals surface area contributed by atoms with Gasteiger partial charge in [0.15, 0.2) is 11.4 Å². The first-order valence-electron chi connectivity index (χ1n) is 9.89. The normalized spacial score (nSPS) is 19.5. The lowest BCUT2D eigenvalue weighted by atomic mass is 10.0. The van der Waals surface area contributed by atoms with Crippen molar-refractivity contribution in [2.75, 3.05) is 13.1 Å². The Morgan fingerprint density at radius 2 is 2.14 bits per heavy atom. The quantitative estimate of drug-likeness (QED) is 0.580. The predicted molar refractivity (Wildman–Crippen MR) is 105 cm³/mol. The molecule has 0 radical (unpaired) electrons. The van der Waals surface area contributed by atoms with Gasteiger partial charge < -0.3 is 24.5 Å². The number of likely N-dealkylation sites (tertiary alicyclic amines) is 1. The molecular weight excluding hydrogens is 374 g/mol. The number of hydrogen-bond acceptors (Lipinski definition) is 6. The number of fused-ring (bicyclic) bond motifs is 1. The minimum absolute atomic E-state index is 0.000604. The lowest BCUT2D eigenvalue weighted by Gasteiger charge is -2.19. The van der Waals surface area contributed by atoms with Crippen LogP contribution in [0.5, 0.6) is 0 Å². The minimum Gasteiger partial charge on any atom is -0.378 e. The molecule has 1 saturated heterocycles. The molecule has 1 aliphatic rings. The maximum absolute atomic E-state index is 12.6. The standard InChI is InChI=1S/C20H25N5O4/c1-12(2)17-23-18(29-24-17)20(28)8-9-25(11-20)16(26)5-3-4-13-6-7-14-15(10-13)22-19(27)21-14/h6-7,10,12,28H,3-5,8-9,11H2,1-2H3,(H2,21,22,27)/t20-/m0/s1. The van der Waals surface area contributed by atoms with Crippen LogP contribution in [0, 0.1) is 0 Å². The van der Waals surface area contributed by atoms with Crippen molar-refractivity contribution in [2.45, 2.75) is 51.0 Å². The largest absolute Gasteiger partial charge is 0.378 e. The molecule has 0 spiro atoms. The summed E-state index contributed by atoms with van der Waals surface area (Å²) in [6, 6.07) is 5.74. The van der Waals surface area contributed by atoms with Crippen molar-refractivity contribution in [3.05, 3.63) is 46.0 Å². The summed E-state index contributed by atoms with van der Waals surface area (Å²) in [6.45, 7) is 4.54. The number of carbonyl (C=O) groups is 1. The van der Waals surface area contributed by atoms with E-state index in [0.717, 1.165) is 23.0 Å². The van der Waals surface area contributed by atoms with Crippen molar-refractivity contribution in [3.63, 3.8) is 0 Å². The number of hydrogen-bond donors (Lipinski definition) is 3. The van der Waals surface area contributed by atoms with E-state index in [1.54, 1.807) is 4.90 Å². The molecule has 154 valence electrons. The molecule has 3 heterocycles. The molecule has 3 aromatic rings. The number of aryl methyl sites for hydroxylation is 1. The molecule has 4 rings (SSSR count). The van der Waals surface area contributed by atoms with Crippen LogP contribution >= 0.6 is 0 Å². The monoisotopic (exact) mass is 399 g/mol. The average molecular weight is 399 g/mol. The van der Waals surface area contributed by atoms with E-state index in [0.29, 0.717) is 31.6 Å². The van der Waals surface area contributed by atoms with Crippen molar-refractivity contribution >= 4 is 16.9 Å². The summed E-state index contributed by atoms with van der Waals surface area (Å²) < 4.78 is 5.24. The molecule has 3 N–H and O–H groups in total. The third-order valence-corrected chi connectivity index (χ3v) is 5.39.